The Balaban J connectivity index is 1.50. The zero-order valence-corrected chi connectivity index (χ0v) is 15.5. The standard InChI is InChI=1S/C24H24N2/c1-18-6-8-19(9-7-18)10-11-20-12-14-22(15-13-20)24-17-23(25-26(24)2)16-21-4-3-5-21/h6-9,12-15,17,21H,3-5,16H2,1-2H3. The van der Waals surface area contributed by atoms with Gasteiger partial charge in [-0.05, 0) is 55.2 Å². The summed E-state index contributed by atoms with van der Waals surface area (Å²) < 4.78 is 2.00. The lowest BCUT2D eigenvalue weighted by atomic mass is 9.82. The van der Waals surface area contributed by atoms with Gasteiger partial charge in [-0.2, -0.15) is 5.10 Å². The smallest absolute Gasteiger partial charge is 0.0681 e. The summed E-state index contributed by atoms with van der Waals surface area (Å²) >= 11 is 0. The van der Waals surface area contributed by atoms with Crippen molar-refractivity contribution >= 4 is 0 Å². The summed E-state index contributed by atoms with van der Waals surface area (Å²) in [5, 5.41) is 4.70. The number of hydrogen-bond donors (Lipinski definition) is 0. The molecule has 1 aliphatic rings. The Morgan fingerprint density at radius 2 is 1.58 bits per heavy atom. The molecule has 0 amide bonds. The molecule has 1 saturated carbocycles. The van der Waals surface area contributed by atoms with Gasteiger partial charge in [-0.25, -0.2) is 0 Å². The van der Waals surface area contributed by atoms with Crippen LogP contribution in [-0.4, -0.2) is 9.78 Å². The fourth-order valence-corrected chi connectivity index (χ4v) is 3.39. The molecule has 2 aromatic carbocycles. The van der Waals surface area contributed by atoms with Crippen LogP contribution < -0.4 is 0 Å². The number of aryl methyl sites for hydroxylation is 2. The third-order valence-electron chi connectivity index (χ3n) is 5.24. The van der Waals surface area contributed by atoms with Gasteiger partial charge in [0, 0.05) is 18.2 Å². The Kier molecular flexibility index (Phi) is 4.63. The van der Waals surface area contributed by atoms with Crippen LogP contribution in [0.5, 0.6) is 0 Å². The number of aromatic nitrogens is 2. The third-order valence-corrected chi connectivity index (χ3v) is 5.24. The first-order chi connectivity index (χ1) is 12.7. The van der Waals surface area contributed by atoms with E-state index in [4.69, 9.17) is 5.10 Å². The van der Waals surface area contributed by atoms with E-state index in [1.165, 1.54) is 41.8 Å². The number of hydrogen-bond acceptors (Lipinski definition) is 1. The van der Waals surface area contributed by atoms with Crippen LogP contribution in [0.4, 0.5) is 0 Å². The van der Waals surface area contributed by atoms with Crippen LogP contribution in [0.3, 0.4) is 0 Å². The van der Waals surface area contributed by atoms with Crippen molar-refractivity contribution in [2.45, 2.75) is 32.6 Å². The van der Waals surface area contributed by atoms with E-state index in [0.717, 1.165) is 23.5 Å². The minimum absolute atomic E-state index is 0.845. The molecule has 0 radical (unpaired) electrons. The minimum Gasteiger partial charge on any atom is -0.268 e. The van der Waals surface area contributed by atoms with Gasteiger partial charge in [0.1, 0.15) is 0 Å². The Hall–Kier alpha value is -2.79. The minimum atomic E-state index is 0.845. The van der Waals surface area contributed by atoms with Gasteiger partial charge in [0.2, 0.25) is 0 Å². The van der Waals surface area contributed by atoms with Crippen LogP contribution >= 0.6 is 0 Å². The van der Waals surface area contributed by atoms with Gasteiger partial charge in [-0.15, -0.1) is 0 Å². The second kappa shape index (κ2) is 7.22. The van der Waals surface area contributed by atoms with Gasteiger partial charge in [-0.3, -0.25) is 4.68 Å². The summed E-state index contributed by atoms with van der Waals surface area (Å²) in [6, 6.07) is 19.0. The van der Waals surface area contributed by atoms with E-state index < -0.39 is 0 Å². The molecule has 0 bridgehead atoms. The maximum absolute atomic E-state index is 4.70. The van der Waals surface area contributed by atoms with Crippen molar-refractivity contribution < 1.29 is 0 Å². The molecule has 0 atom stereocenters. The van der Waals surface area contributed by atoms with Crippen LogP contribution in [0.15, 0.2) is 54.6 Å². The molecule has 1 heterocycles. The van der Waals surface area contributed by atoms with Crippen molar-refractivity contribution in [3.05, 3.63) is 77.0 Å². The summed E-state index contributed by atoms with van der Waals surface area (Å²) in [7, 11) is 2.03. The predicted molar refractivity (Wildman–Crippen MR) is 107 cm³/mol. The van der Waals surface area contributed by atoms with E-state index in [0.29, 0.717) is 0 Å². The van der Waals surface area contributed by atoms with E-state index in [9.17, 15) is 0 Å². The second-order valence-electron chi connectivity index (χ2n) is 7.34. The van der Waals surface area contributed by atoms with Crippen molar-refractivity contribution in [3.8, 4) is 23.1 Å². The number of benzene rings is 2. The first kappa shape index (κ1) is 16.7. The summed E-state index contributed by atoms with van der Waals surface area (Å²) in [5.74, 6) is 7.32. The molecule has 26 heavy (non-hydrogen) atoms. The molecule has 4 rings (SSSR count). The van der Waals surface area contributed by atoms with E-state index in [2.05, 4.69) is 73.4 Å². The number of nitrogens with zero attached hydrogens (tertiary/aromatic N) is 2. The van der Waals surface area contributed by atoms with Crippen LogP contribution in [0, 0.1) is 24.7 Å². The molecule has 0 unspecified atom stereocenters. The Labute approximate surface area is 155 Å². The van der Waals surface area contributed by atoms with Gasteiger partial charge in [0.25, 0.3) is 0 Å². The lowest BCUT2D eigenvalue weighted by Crippen LogP contribution is -2.14. The first-order valence-corrected chi connectivity index (χ1v) is 9.39. The molecule has 0 spiro atoms. The zero-order valence-electron chi connectivity index (χ0n) is 15.5. The predicted octanol–water partition coefficient (Wildman–Crippen LogP) is 5.14. The highest BCUT2D eigenvalue weighted by atomic mass is 15.3. The largest absolute Gasteiger partial charge is 0.268 e. The molecular formula is C24H24N2. The molecule has 0 N–H and O–H groups in total. The highest BCUT2D eigenvalue weighted by molar-refractivity contribution is 5.61. The van der Waals surface area contributed by atoms with Crippen molar-refractivity contribution in [3.63, 3.8) is 0 Å². The maximum atomic E-state index is 4.70. The van der Waals surface area contributed by atoms with E-state index >= 15 is 0 Å². The summed E-state index contributed by atoms with van der Waals surface area (Å²) in [4.78, 5) is 0. The fraction of sp³-hybridized carbons (Fsp3) is 0.292. The SMILES string of the molecule is Cc1ccc(C#Cc2ccc(-c3cc(CC4CCC4)nn3C)cc2)cc1. The van der Waals surface area contributed by atoms with Crippen LogP contribution in [-0.2, 0) is 13.5 Å². The maximum Gasteiger partial charge on any atom is 0.0681 e. The molecular weight excluding hydrogens is 316 g/mol. The van der Waals surface area contributed by atoms with Gasteiger partial charge in [0.05, 0.1) is 11.4 Å². The van der Waals surface area contributed by atoms with Crippen LogP contribution in [0.1, 0.15) is 41.6 Å². The first-order valence-electron chi connectivity index (χ1n) is 9.39. The van der Waals surface area contributed by atoms with Gasteiger partial charge in [0.15, 0.2) is 0 Å². The van der Waals surface area contributed by atoms with Crippen molar-refractivity contribution in [2.24, 2.45) is 13.0 Å². The lowest BCUT2D eigenvalue weighted by molar-refractivity contribution is 0.311. The molecule has 2 nitrogen and oxygen atoms in total. The van der Waals surface area contributed by atoms with Crippen LogP contribution in [0.2, 0.25) is 0 Å². The van der Waals surface area contributed by atoms with Crippen molar-refractivity contribution in [1.82, 2.24) is 9.78 Å². The average molecular weight is 340 g/mol. The highest BCUT2D eigenvalue weighted by Gasteiger charge is 2.19. The second-order valence-corrected chi connectivity index (χ2v) is 7.34. The topological polar surface area (TPSA) is 17.8 Å². The molecule has 1 aliphatic carbocycles. The van der Waals surface area contributed by atoms with E-state index in [1.54, 1.807) is 0 Å². The monoisotopic (exact) mass is 340 g/mol. The average Bonchev–Trinajstić information content (AvgIpc) is 2.99. The van der Waals surface area contributed by atoms with Crippen molar-refractivity contribution in [2.75, 3.05) is 0 Å². The zero-order chi connectivity index (χ0) is 17.9. The summed E-state index contributed by atoms with van der Waals surface area (Å²) in [6.45, 7) is 2.09. The molecule has 2 heteroatoms. The highest BCUT2D eigenvalue weighted by Crippen LogP contribution is 2.30. The van der Waals surface area contributed by atoms with E-state index in [-0.39, 0.29) is 0 Å². The van der Waals surface area contributed by atoms with Gasteiger partial charge in [-0.1, -0.05) is 60.9 Å². The Morgan fingerprint density at radius 3 is 2.15 bits per heavy atom. The molecule has 0 saturated heterocycles. The summed E-state index contributed by atoms with van der Waals surface area (Å²) in [5.41, 5.74) is 6.93. The molecule has 1 fully saturated rings. The van der Waals surface area contributed by atoms with Crippen LogP contribution in [0.25, 0.3) is 11.3 Å². The van der Waals surface area contributed by atoms with Gasteiger partial charge >= 0.3 is 0 Å². The van der Waals surface area contributed by atoms with Gasteiger partial charge < -0.3 is 0 Å². The third kappa shape index (κ3) is 3.73. The normalized spacial score (nSPS) is 13.8. The Bertz CT molecular complexity index is 946. The van der Waals surface area contributed by atoms with E-state index in [1.807, 2.05) is 11.7 Å². The number of rotatable bonds is 3. The molecule has 130 valence electrons. The Morgan fingerprint density at radius 1 is 0.962 bits per heavy atom. The van der Waals surface area contributed by atoms with Crippen molar-refractivity contribution in [1.29, 1.82) is 0 Å². The molecule has 1 aromatic heterocycles. The summed E-state index contributed by atoms with van der Waals surface area (Å²) in [6.07, 6.45) is 5.23. The molecule has 0 aliphatic heterocycles. The lowest BCUT2D eigenvalue weighted by Gasteiger charge is -2.23. The quantitative estimate of drug-likeness (QED) is 0.604. The fourth-order valence-electron chi connectivity index (χ4n) is 3.39. The molecule has 3 aromatic rings.